The van der Waals surface area contributed by atoms with Gasteiger partial charge < -0.3 is 0 Å². The Hall–Kier alpha value is 1.30. The first kappa shape index (κ1) is 27.2. The topological polar surface area (TPSA) is 0 Å². The molecule has 21 heavy (non-hydrogen) atoms. The molecule has 0 unspecified atom stereocenters. The molecule has 0 fully saturated rings. The molecule has 2 rings (SSSR count). The van der Waals surface area contributed by atoms with Gasteiger partial charge in [-0.3, -0.25) is 12.2 Å². The van der Waals surface area contributed by atoms with Crippen molar-refractivity contribution in [2.45, 2.75) is 53.4 Å². The second kappa shape index (κ2) is 16.2. The Morgan fingerprint density at radius 3 is 1.33 bits per heavy atom. The van der Waals surface area contributed by atoms with Crippen molar-refractivity contribution in [1.29, 1.82) is 0 Å². The summed E-state index contributed by atoms with van der Waals surface area (Å²) in [5, 5.41) is 0. The molecule has 0 aromatic heterocycles. The van der Waals surface area contributed by atoms with Gasteiger partial charge in [0.2, 0.25) is 0 Å². The van der Waals surface area contributed by atoms with Crippen LogP contribution in [0.3, 0.4) is 0 Å². The predicted octanol–water partition coefficient (Wildman–Crippen LogP) is 6.68. The number of rotatable bonds is 4. The van der Waals surface area contributed by atoms with E-state index in [-0.39, 0.29) is 74.2 Å². The van der Waals surface area contributed by atoms with Crippen molar-refractivity contribution in [1.82, 2.24) is 0 Å². The molecular weight excluding hydrogens is 561 g/mol. The van der Waals surface area contributed by atoms with Crippen molar-refractivity contribution in [3.8, 4) is 0 Å². The van der Waals surface area contributed by atoms with Crippen molar-refractivity contribution < 1.29 is 26.2 Å². The van der Waals surface area contributed by atoms with Gasteiger partial charge in [0, 0.05) is 0 Å². The summed E-state index contributed by atoms with van der Waals surface area (Å²) >= 11 is 0. The summed E-state index contributed by atoms with van der Waals surface area (Å²) in [6, 6.07) is 0. The van der Waals surface area contributed by atoms with Crippen LogP contribution in [0.25, 0.3) is 0 Å². The third-order valence-electron chi connectivity index (χ3n) is 2.79. The Labute approximate surface area is 185 Å². The molecular formula is C18H28I2Zr. The average molecular weight is 589 g/mol. The Bertz CT molecular complexity index is 327. The van der Waals surface area contributed by atoms with Crippen LogP contribution in [-0.4, -0.2) is 0 Å². The zero-order valence-electron chi connectivity index (χ0n) is 13.6. The van der Waals surface area contributed by atoms with Crippen LogP contribution in [0.5, 0.6) is 0 Å². The summed E-state index contributed by atoms with van der Waals surface area (Å²) in [6.45, 7) is 8.95. The maximum absolute atomic E-state index is 3.29. The summed E-state index contributed by atoms with van der Waals surface area (Å²) in [5.41, 5.74) is 2.79. The van der Waals surface area contributed by atoms with Gasteiger partial charge >= 0.3 is 26.2 Å². The van der Waals surface area contributed by atoms with Gasteiger partial charge in [-0.25, -0.2) is 23.3 Å². The summed E-state index contributed by atoms with van der Waals surface area (Å²) in [5.74, 6) is 1.55. The summed E-state index contributed by atoms with van der Waals surface area (Å²) in [6.07, 6.45) is 19.7. The fourth-order valence-electron chi connectivity index (χ4n) is 2.06. The van der Waals surface area contributed by atoms with Crippen molar-refractivity contribution in [2.75, 3.05) is 0 Å². The van der Waals surface area contributed by atoms with Crippen LogP contribution >= 0.6 is 48.0 Å². The van der Waals surface area contributed by atoms with Crippen LogP contribution in [0.4, 0.5) is 0 Å². The standard InChI is InChI=1S/2C9H13.2HI.Zr/c2*1-8(2)7-9-5-3-4-6-9;;;/h2*3,5,8H,4,7H2,1-2H3;2*1H;/q2*-1;;;+2. The van der Waals surface area contributed by atoms with Gasteiger partial charge in [-0.15, -0.1) is 60.8 Å². The van der Waals surface area contributed by atoms with Gasteiger partial charge in [0.05, 0.1) is 0 Å². The van der Waals surface area contributed by atoms with E-state index >= 15 is 0 Å². The predicted molar refractivity (Wildman–Crippen MR) is 111 cm³/mol. The van der Waals surface area contributed by atoms with Gasteiger partial charge in [-0.05, 0) is 11.8 Å². The minimum Gasteiger partial charge on any atom is -0.269 e. The molecule has 0 atom stereocenters. The molecule has 3 heteroatoms. The van der Waals surface area contributed by atoms with Gasteiger partial charge in [-0.1, -0.05) is 40.5 Å². The Morgan fingerprint density at radius 1 is 0.810 bits per heavy atom. The van der Waals surface area contributed by atoms with E-state index in [1.165, 1.54) is 24.0 Å². The van der Waals surface area contributed by atoms with E-state index < -0.39 is 0 Å². The van der Waals surface area contributed by atoms with Gasteiger partial charge in [0.25, 0.3) is 0 Å². The molecule has 0 aliphatic heterocycles. The molecule has 0 N–H and O–H groups in total. The van der Waals surface area contributed by atoms with E-state index in [4.69, 9.17) is 0 Å². The van der Waals surface area contributed by atoms with Crippen LogP contribution in [-0.2, 0) is 26.2 Å². The van der Waals surface area contributed by atoms with Crippen molar-refractivity contribution >= 4 is 48.0 Å². The Balaban J connectivity index is -0.000000270. The third kappa shape index (κ3) is 14.6. The maximum Gasteiger partial charge on any atom is 2.00 e. The molecule has 0 spiro atoms. The van der Waals surface area contributed by atoms with Crippen LogP contribution in [0.1, 0.15) is 53.4 Å². The fourth-order valence-corrected chi connectivity index (χ4v) is 2.06. The van der Waals surface area contributed by atoms with Gasteiger partial charge in [-0.2, -0.15) is 12.2 Å². The number of hydrogen-bond acceptors (Lipinski definition) is 0. The number of halogens is 2. The molecule has 0 bridgehead atoms. The Morgan fingerprint density at radius 2 is 1.14 bits per heavy atom. The second-order valence-corrected chi connectivity index (χ2v) is 5.81. The first-order valence-corrected chi connectivity index (χ1v) is 7.10. The molecule has 0 aromatic rings. The zero-order valence-corrected chi connectivity index (χ0v) is 20.7. The number of allylic oxidation sites excluding steroid dienone is 8. The normalized spacial score (nSPS) is 14.6. The molecule has 0 saturated carbocycles. The van der Waals surface area contributed by atoms with Crippen LogP contribution < -0.4 is 0 Å². The molecule has 0 saturated heterocycles. The van der Waals surface area contributed by atoms with Crippen LogP contribution in [0.2, 0.25) is 0 Å². The van der Waals surface area contributed by atoms with Gasteiger partial charge in [0.15, 0.2) is 0 Å². The van der Waals surface area contributed by atoms with Gasteiger partial charge in [0.1, 0.15) is 0 Å². The second-order valence-electron chi connectivity index (χ2n) is 5.81. The number of hydrogen-bond donors (Lipinski definition) is 0. The minimum atomic E-state index is 0. The average Bonchev–Trinajstić information content (AvgIpc) is 2.90. The van der Waals surface area contributed by atoms with E-state index in [2.05, 4.69) is 64.2 Å². The molecule has 2 aliphatic carbocycles. The van der Waals surface area contributed by atoms with E-state index in [0.717, 1.165) is 24.7 Å². The van der Waals surface area contributed by atoms with Crippen LogP contribution in [0, 0.1) is 24.0 Å². The van der Waals surface area contributed by atoms with Crippen molar-refractivity contribution in [3.63, 3.8) is 0 Å². The molecule has 0 nitrogen and oxygen atoms in total. The minimum absolute atomic E-state index is 0. The third-order valence-corrected chi connectivity index (χ3v) is 2.79. The maximum atomic E-state index is 3.29. The summed E-state index contributed by atoms with van der Waals surface area (Å²) in [7, 11) is 0. The fraction of sp³-hybridized carbons (Fsp3) is 0.556. The first-order chi connectivity index (χ1) is 8.58. The zero-order chi connectivity index (χ0) is 13.4. The molecule has 0 aromatic carbocycles. The van der Waals surface area contributed by atoms with Crippen molar-refractivity contribution in [2.24, 2.45) is 11.8 Å². The van der Waals surface area contributed by atoms with Crippen molar-refractivity contribution in [3.05, 3.63) is 47.6 Å². The molecule has 0 amide bonds. The smallest absolute Gasteiger partial charge is 0.269 e. The first-order valence-electron chi connectivity index (χ1n) is 7.10. The SMILES string of the molecule is CC(C)CC1=[C-]CC=C1.CC(C)CC1=[C-]CC=C1.I.I.[Zr+2]. The summed E-state index contributed by atoms with van der Waals surface area (Å²) in [4.78, 5) is 0. The van der Waals surface area contributed by atoms with E-state index in [9.17, 15) is 0 Å². The van der Waals surface area contributed by atoms with E-state index in [0.29, 0.717) is 0 Å². The largest absolute Gasteiger partial charge is 2.00 e. The monoisotopic (exact) mass is 588 g/mol. The molecule has 2 aliphatic rings. The Kier molecular flexibility index (Phi) is 20.9. The van der Waals surface area contributed by atoms with E-state index in [1.54, 1.807) is 0 Å². The van der Waals surface area contributed by atoms with E-state index in [1.807, 2.05) is 0 Å². The molecule has 118 valence electrons. The molecule has 0 radical (unpaired) electrons. The van der Waals surface area contributed by atoms with Crippen LogP contribution in [0.15, 0.2) is 35.5 Å². The molecule has 0 heterocycles. The quantitative estimate of drug-likeness (QED) is 0.254. The summed E-state index contributed by atoms with van der Waals surface area (Å²) < 4.78 is 0.